The van der Waals surface area contributed by atoms with E-state index in [1.54, 1.807) is 24.3 Å². The lowest BCUT2D eigenvalue weighted by Gasteiger charge is -2.42. The van der Waals surface area contributed by atoms with Gasteiger partial charge < -0.3 is 14.8 Å². The highest BCUT2D eigenvalue weighted by atomic mass is 32.2. The number of nitrogens with zero attached hydrogens (tertiary/aromatic N) is 1. The average Bonchev–Trinajstić information content (AvgIpc) is 2.95. The second-order valence-corrected chi connectivity index (χ2v) is 12.2. The van der Waals surface area contributed by atoms with E-state index in [4.69, 9.17) is 4.42 Å². The molecule has 8 nitrogen and oxygen atoms in total. The molecule has 2 heterocycles. The molecule has 1 aliphatic carbocycles. The molecule has 0 atom stereocenters. The van der Waals surface area contributed by atoms with Gasteiger partial charge in [-0.05, 0) is 42.5 Å². The van der Waals surface area contributed by atoms with Crippen molar-refractivity contribution < 1.29 is 22.7 Å². The lowest BCUT2D eigenvalue weighted by atomic mass is 9.71. The van der Waals surface area contributed by atoms with Crippen LogP contribution in [0.25, 0.3) is 44.7 Å². The summed E-state index contributed by atoms with van der Waals surface area (Å²) in [6.45, 7) is 0. The lowest BCUT2D eigenvalue weighted by Crippen LogP contribution is -2.50. The Labute approximate surface area is 236 Å². The second-order valence-electron chi connectivity index (χ2n) is 10.2. The molecule has 41 heavy (non-hydrogen) atoms. The number of amides is 1. The van der Waals surface area contributed by atoms with E-state index >= 15 is 0 Å². The first-order chi connectivity index (χ1) is 19.7. The van der Waals surface area contributed by atoms with Crippen LogP contribution in [0.2, 0.25) is 0 Å². The molecule has 0 radical (unpaired) electrons. The number of carbonyl (C=O) groups is 1. The molecule has 1 aliphatic rings. The molecule has 0 spiro atoms. The third-order valence-electron chi connectivity index (χ3n) is 7.66. The van der Waals surface area contributed by atoms with E-state index in [2.05, 4.69) is 10.3 Å². The first-order valence-electron chi connectivity index (χ1n) is 13.1. The predicted molar refractivity (Wildman–Crippen MR) is 156 cm³/mol. The van der Waals surface area contributed by atoms with Crippen molar-refractivity contribution in [1.29, 1.82) is 0 Å². The van der Waals surface area contributed by atoms with Crippen molar-refractivity contribution in [2.24, 2.45) is 0 Å². The number of hydrogen-bond acceptors (Lipinski definition) is 6. The van der Waals surface area contributed by atoms with Gasteiger partial charge in [-0.3, -0.25) is 9.78 Å². The van der Waals surface area contributed by atoms with Crippen molar-refractivity contribution in [3.63, 3.8) is 0 Å². The van der Waals surface area contributed by atoms with Gasteiger partial charge in [0.15, 0.2) is 15.4 Å². The molecule has 3 aromatic carbocycles. The SMILES string of the molecule is CS(=O)(=O)c1ccccc1-c1nccc2c(=O)c(-c3ccc(C4(NC(=O)O)CCC4)cc3)c(-c3ccccc3)oc12. The van der Waals surface area contributed by atoms with E-state index in [1.165, 1.54) is 12.3 Å². The third kappa shape index (κ3) is 4.68. The number of sulfone groups is 1. The molecule has 1 amide bonds. The molecule has 206 valence electrons. The molecule has 0 saturated heterocycles. The van der Waals surface area contributed by atoms with Gasteiger partial charge >= 0.3 is 6.09 Å². The Bertz CT molecular complexity index is 1960. The Morgan fingerprint density at radius 1 is 0.927 bits per heavy atom. The molecular weight excluding hydrogens is 540 g/mol. The summed E-state index contributed by atoms with van der Waals surface area (Å²) in [5.74, 6) is 0.323. The lowest BCUT2D eigenvalue weighted by molar-refractivity contribution is 0.144. The maximum atomic E-state index is 14.2. The largest absolute Gasteiger partial charge is 0.465 e. The molecule has 0 aliphatic heterocycles. The summed E-state index contributed by atoms with van der Waals surface area (Å²) < 4.78 is 31.7. The molecule has 9 heteroatoms. The molecule has 1 saturated carbocycles. The molecule has 0 bridgehead atoms. The minimum Gasteiger partial charge on any atom is -0.465 e. The number of nitrogens with one attached hydrogen (secondary N) is 1. The number of pyridine rings is 1. The van der Waals surface area contributed by atoms with Crippen LogP contribution < -0.4 is 10.7 Å². The van der Waals surface area contributed by atoms with Crippen LogP contribution in [0, 0.1) is 0 Å². The monoisotopic (exact) mass is 566 g/mol. The van der Waals surface area contributed by atoms with Crippen molar-refractivity contribution in [2.45, 2.75) is 29.7 Å². The quantitative estimate of drug-likeness (QED) is 0.249. The molecule has 0 unspecified atom stereocenters. The van der Waals surface area contributed by atoms with E-state index in [1.807, 2.05) is 54.6 Å². The summed E-state index contributed by atoms with van der Waals surface area (Å²) in [7, 11) is -3.60. The van der Waals surface area contributed by atoms with Crippen LogP contribution >= 0.6 is 0 Å². The number of carboxylic acid groups (broad SMARTS) is 1. The van der Waals surface area contributed by atoms with Gasteiger partial charge in [-0.15, -0.1) is 0 Å². The maximum absolute atomic E-state index is 14.2. The van der Waals surface area contributed by atoms with Gasteiger partial charge in [0.1, 0.15) is 11.5 Å². The van der Waals surface area contributed by atoms with E-state index in [9.17, 15) is 23.1 Å². The van der Waals surface area contributed by atoms with E-state index in [-0.39, 0.29) is 27.0 Å². The number of hydrogen-bond donors (Lipinski definition) is 2. The zero-order valence-corrected chi connectivity index (χ0v) is 22.9. The number of benzene rings is 3. The zero-order chi connectivity index (χ0) is 28.8. The summed E-state index contributed by atoms with van der Waals surface area (Å²) in [4.78, 5) is 30.2. The number of aromatic nitrogens is 1. The Hall–Kier alpha value is -4.76. The molecule has 2 aromatic heterocycles. The fourth-order valence-corrected chi connectivity index (χ4v) is 6.42. The van der Waals surface area contributed by atoms with Crippen LogP contribution in [0.1, 0.15) is 24.8 Å². The highest BCUT2D eigenvalue weighted by molar-refractivity contribution is 7.90. The van der Waals surface area contributed by atoms with Gasteiger partial charge in [0.25, 0.3) is 0 Å². The first kappa shape index (κ1) is 26.5. The van der Waals surface area contributed by atoms with Gasteiger partial charge in [0.2, 0.25) is 5.43 Å². The fraction of sp³-hybridized carbons (Fsp3) is 0.156. The molecule has 1 fully saturated rings. The first-order valence-corrected chi connectivity index (χ1v) is 15.0. The minimum absolute atomic E-state index is 0.0865. The molecule has 2 N–H and O–H groups in total. The highest BCUT2D eigenvalue weighted by Gasteiger charge is 2.40. The van der Waals surface area contributed by atoms with Crippen LogP contribution in [0.5, 0.6) is 0 Å². The maximum Gasteiger partial charge on any atom is 0.405 e. The van der Waals surface area contributed by atoms with Gasteiger partial charge in [-0.1, -0.05) is 72.8 Å². The van der Waals surface area contributed by atoms with Crippen LogP contribution in [-0.4, -0.2) is 30.9 Å². The Morgan fingerprint density at radius 3 is 2.24 bits per heavy atom. The van der Waals surface area contributed by atoms with Crippen LogP contribution in [0.4, 0.5) is 4.79 Å². The average molecular weight is 567 g/mol. The Morgan fingerprint density at radius 2 is 1.61 bits per heavy atom. The summed E-state index contributed by atoms with van der Waals surface area (Å²) in [6.07, 6.45) is 3.86. The van der Waals surface area contributed by atoms with Gasteiger partial charge in [0.05, 0.1) is 21.4 Å². The standard InChI is InChI=1S/C32H26N2O6S/c1-41(38,39)25-11-6-5-10-23(25)27-30-24(16-19-33-27)28(35)26(29(40-30)21-8-3-2-4-9-21)20-12-14-22(15-13-20)32(17-7-18-32)34-31(36)37/h2-6,8-16,19,34H,7,17-18H2,1H3,(H,36,37). The second kappa shape index (κ2) is 10.0. The third-order valence-corrected chi connectivity index (χ3v) is 8.82. The normalized spacial score (nSPS) is 14.4. The van der Waals surface area contributed by atoms with E-state index in [0.29, 0.717) is 40.9 Å². The topological polar surface area (TPSA) is 127 Å². The smallest absolute Gasteiger partial charge is 0.405 e. The van der Waals surface area contributed by atoms with Gasteiger partial charge in [0, 0.05) is 23.6 Å². The van der Waals surface area contributed by atoms with Crippen LogP contribution in [0.3, 0.4) is 0 Å². The molecule has 6 rings (SSSR count). The Kier molecular flexibility index (Phi) is 6.46. The fourth-order valence-electron chi connectivity index (χ4n) is 5.53. The van der Waals surface area contributed by atoms with Crippen molar-refractivity contribution in [1.82, 2.24) is 10.3 Å². The van der Waals surface area contributed by atoms with Gasteiger partial charge in [-0.25, -0.2) is 13.2 Å². The summed E-state index contributed by atoms with van der Waals surface area (Å²) in [5, 5.41) is 12.3. The summed E-state index contributed by atoms with van der Waals surface area (Å²) >= 11 is 0. The van der Waals surface area contributed by atoms with Crippen LogP contribution in [-0.2, 0) is 15.4 Å². The number of fused-ring (bicyclic) bond motifs is 1. The van der Waals surface area contributed by atoms with Crippen molar-refractivity contribution in [2.75, 3.05) is 6.26 Å². The van der Waals surface area contributed by atoms with Crippen molar-refractivity contribution >= 4 is 26.9 Å². The van der Waals surface area contributed by atoms with Crippen molar-refractivity contribution in [3.8, 4) is 33.7 Å². The van der Waals surface area contributed by atoms with Gasteiger partial charge in [-0.2, -0.15) is 0 Å². The highest BCUT2D eigenvalue weighted by Crippen LogP contribution is 2.42. The summed E-state index contributed by atoms with van der Waals surface area (Å²) in [6, 6.07) is 24.6. The van der Waals surface area contributed by atoms with E-state index < -0.39 is 21.5 Å². The number of rotatable bonds is 6. The molecule has 5 aromatic rings. The summed E-state index contributed by atoms with van der Waals surface area (Å²) in [5.41, 5.74) is 2.33. The van der Waals surface area contributed by atoms with E-state index in [0.717, 1.165) is 18.2 Å². The molecular formula is C32H26N2O6S. The minimum atomic E-state index is -3.60. The van der Waals surface area contributed by atoms with Crippen LogP contribution in [0.15, 0.2) is 105 Å². The van der Waals surface area contributed by atoms with Crippen molar-refractivity contribution in [3.05, 3.63) is 107 Å². The zero-order valence-electron chi connectivity index (χ0n) is 22.1. The predicted octanol–water partition coefficient (Wildman–Crippen LogP) is 6.24. The Balaban J connectivity index is 1.59.